The molecule has 0 saturated heterocycles. The molecule has 6 heteroatoms. The minimum atomic E-state index is -0.276. The number of carbonyl (C=O) groups is 1. The summed E-state index contributed by atoms with van der Waals surface area (Å²) >= 11 is 0. The van der Waals surface area contributed by atoms with Crippen LogP contribution in [-0.4, -0.2) is 22.6 Å². The van der Waals surface area contributed by atoms with Gasteiger partial charge in [-0.3, -0.25) is 9.78 Å². The van der Waals surface area contributed by atoms with E-state index in [1.54, 1.807) is 24.5 Å². The van der Waals surface area contributed by atoms with Crippen LogP contribution in [0.15, 0.2) is 51.7 Å². The molecule has 0 aliphatic carbocycles. The van der Waals surface area contributed by atoms with E-state index in [4.69, 9.17) is 8.94 Å². The highest BCUT2D eigenvalue weighted by Gasteiger charge is 2.13. The van der Waals surface area contributed by atoms with Gasteiger partial charge in [0.15, 0.2) is 11.5 Å². The van der Waals surface area contributed by atoms with E-state index in [2.05, 4.69) is 15.5 Å². The predicted octanol–water partition coefficient (Wildman–Crippen LogP) is 2.61. The Bertz CT molecular complexity index is 762. The largest absolute Gasteiger partial charge is 0.466 e. The summed E-state index contributed by atoms with van der Waals surface area (Å²) in [5.41, 5.74) is 1.02. The molecule has 0 fully saturated rings. The van der Waals surface area contributed by atoms with Gasteiger partial charge in [0, 0.05) is 37.0 Å². The van der Waals surface area contributed by atoms with Gasteiger partial charge in [0.1, 0.15) is 11.5 Å². The van der Waals surface area contributed by atoms with Gasteiger partial charge >= 0.3 is 0 Å². The molecule has 3 aromatic rings. The van der Waals surface area contributed by atoms with E-state index in [0.717, 1.165) is 17.1 Å². The fraction of sp³-hybridized carbons (Fsp3) is 0.188. The maximum atomic E-state index is 12.0. The molecule has 112 valence electrons. The van der Waals surface area contributed by atoms with Gasteiger partial charge in [-0.05, 0) is 31.2 Å². The summed E-state index contributed by atoms with van der Waals surface area (Å²) in [5, 5.41) is 6.57. The first-order valence-corrected chi connectivity index (χ1v) is 6.93. The summed E-state index contributed by atoms with van der Waals surface area (Å²) in [6.07, 6.45) is 3.96. The first-order chi connectivity index (χ1) is 10.7. The number of hydrogen-bond donors (Lipinski definition) is 1. The van der Waals surface area contributed by atoms with Gasteiger partial charge in [0.05, 0.1) is 0 Å². The standard InChI is InChI=1S/C16H15N3O3/c1-11-4-5-13(21-11)6-8-18-16(20)14-9-15(22-19-14)12-3-2-7-17-10-12/h2-5,7,9-10H,6,8H2,1H3,(H,18,20). The van der Waals surface area contributed by atoms with Crippen molar-refractivity contribution < 1.29 is 13.7 Å². The lowest BCUT2D eigenvalue weighted by atomic mass is 10.2. The molecule has 0 saturated carbocycles. The molecule has 0 aromatic carbocycles. The van der Waals surface area contributed by atoms with Crippen molar-refractivity contribution in [2.24, 2.45) is 0 Å². The van der Waals surface area contributed by atoms with Gasteiger partial charge in [-0.2, -0.15) is 0 Å². The van der Waals surface area contributed by atoms with Crippen LogP contribution in [-0.2, 0) is 6.42 Å². The van der Waals surface area contributed by atoms with Crippen LogP contribution >= 0.6 is 0 Å². The molecule has 6 nitrogen and oxygen atoms in total. The molecule has 0 radical (unpaired) electrons. The number of furan rings is 1. The molecule has 0 aliphatic rings. The summed E-state index contributed by atoms with van der Waals surface area (Å²) in [4.78, 5) is 16.0. The molecule has 0 atom stereocenters. The van der Waals surface area contributed by atoms with Crippen molar-refractivity contribution in [3.05, 3.63) is 59.9 Å². The van der Waals surface area contributed by atoms with Crippen molar-refractivity contribution in [3.63, 3.8) is 0 Å². The minimum absolute atomic E-state index is 0.245. The van der Waals surface area contributed by atoms with E-state index in [9.17, 15) is 4.79 Å². The lowest BCUT2D eigenvalue weighted by Crippen LogP contribution is -2.25. The molecule has 3 rings (SSSR count). The molecular formula is C16H15N3O3. The SMILES string of the molecule is Cc1ccc(CCNC(=O)c2cc(-c3cccnc3)on2)o1. The second kappa shape index (κ2) is 6.26. The molecule has 1 amide bonds. The van der Waals surface area contributed by atoms with Crippen molar-refractivity contribution in [2.75, 3.05) is 6.54 Å². The molecule has 1 N–H and O–H groups in total. The van der Waals surface area contributed by atoms with Crippen LogP contribution in [0.1, 0.15) is 22.0 Å². The summed E-state index contributed by atoms with van der Waals surface area (Å²) in [5.74, 6) is 1.94. The molecule has 3 heterocycles. The number of hydrogen-bond acceptors (Lipinski definition) is 5. The summed E-state index contributed by atoms with van der Waals surface area (Å²) < 4.78 is 10.6. The first-order valence-electron chi connectivity index (χ1n) is 6.93. The molecule has 0 spiro atoms. The van der Waals surface area contributed by atoms with Crippen LogP contribution in [0.4, 0.5) is 0 Å². The van der Waals surface area contributed by atoms with E-state index in [1.807, 2.05) is 25.1 Å². The highest BCUT2D eigenvalue weighted by Crippen LogP contribution is 2.18. The molecule has 3 aromatic heterocycles. The number of rotatable bonds is 5. The predicted molar refractivity (Wildman–Crippen MR) is 79.2 cm³/mol. The Hall–Kier alpha value is -2.89. The maximum absolute atomic E-state index is 12.0. The number of pyridine rings is 1. The van der Waals surface area contributed by atoms with Crippen molar-refractivity contribution in [2.45, 2.75) is 13.3 Å². The Labute approximate surface area is 127 Å². The molecular weight excluding hydrogens is 282 g/mol. The fourth-order valence-corrected chi connectivity index (χ4v) is 2.04. The number of nitrogens with one attached hydrogen (secondary N) is 1. The molecule has 0 unspecified atom stereocenters. The third-order valence-electron chi connectivity index (χ3n) is 3.14. The molecule has 0 aliphatic heterocycles. The van der Waals surface area contributed by atoms with Crippen LogP contribution < -0.4 is 5.32 Å². The van der Waals surface area contributed by atoms with Crippen molar-refractivity contribution in [1.29, 1.82) is 0 Å². The Kier molecular flexibility index (Phi) is 4.00. The Morgan fingerprint density at radius 1 is 1.32 bits per heavy atom. The van der Waals surface area contributed by atoms with Crippen LogP contribution in [0, 0.1) is 6.92 Å². The van der Waals surface area contributed by atoms with E-state index in [1.165, 1.54) is 0 Å². The first kappa shape index (κ1) is 14.1. The summed E-state index contributed by atoms with van der Waals surface area (Å²) in [7, 11) is 0. The number of aryl methyl sites for hydroxylation is 1. The zero-order valence-corrected chi connectivity index (χ0v) is 12.1. The number of amides is 1. The van der Waals surface area contributed by atoms with Crippen LogP contribution in [0.25, 0.3) is 11.3 Å². The van der Waals surface area contributed by atoms with Gasteiger partial charge in [0.25, 0.3) is 5.91 Å². The summed E-state index contributed by atoms with van der Waals surface area (Å²) in [6, 6.07) is 9.04. The zero-order valence-electron chi connectivity index (χ0n) is 12.1. The van der Waals surface area contributed by atoms with Gasteiger partial charge in [-0.15, -0.1) is 0 Å². The quantitative estimate of drug-likeness (QED) is 0.783. The van der Waals surface area contributed by atoms with Crippen LogP contribution in [0.3, 0.4) is 0 Å². The molecule has 0 bridgehead atoms. The highest BCUT2D eigenvalue weighted by molar-refractivity contribution is 5.93. The lowest BCUT2D eigenvalue weighted by Gasteiger charge is -2.00. The lowest BCUT2D eigenvalue weighted by molar-refractivity contribution is 0.0945. The fourth-order valence-electron chi connectivity index (χ4n) is 2.04. The monoisotopic (exact) mass is 297 g/mol. The second-order valence-electron chi connectivity index (χ2n) is 4.84. The van der Waals surface area contributed by atoms with Crippen LogP contribution in [0.5, 0.6) is 0 Å². The zero-order chi connectivity index (χ0) is 15.4. The smallest absolute Gasteiger partial charge is 0.273 e. The number of carbonyl (C=O) groups excluding carboxylic acids is 1. The normalized spacial score (nSPS) is 10.6. The van der Waals surface area contributed by atoms with Crippen LogP contribution in [0.2, 0.25) is 0 Å². The molecule has 22 heavy (non-hydrogen) atoms. The third-order valence-corrected chi connectivity index (χ3v) is 3.14. The second-order valence-corrected chi connectivity index (χ2v) is 4.84. The van der Waals surface area contributed by atoms with Crippen molar-refractivity contribution >= 4 is 5.91 Å². The topological polar surface area (TPSA) is 81.2 Å². The average Bonchev–Trinajstić information content (AvgIpc) is 3.17. The maximum Gasteiger partial charge on any atom is 0.273 e. The van der Waals surface area contributed by atoms with E-state index < -0.39 is 0 Å². The Morgan fingerprint density at radius 3 is 2.95 bits per heavy atom. The van der Waals surface area contributed by atoms with Gasteiger partial charge < -0.3 is 14.3 Å². The minimum Gasteiger partial charge on any atom is -0.466 e. The Morgan fingerprint density at radius 2 is 2.23 bits per heavy atom. The van der Waals surface area contributed by atoms with E-state index >= 15 is 0 Å². The van der Waals surface area contributed by atoms with Gasteiger partial charge in [0.2, 0.25) is 0 Å². The van der Waals surface area contributed by atoms with Crippen molar-refractivity contribution in [1.82, 2.24) is 15.5 Å². The summed E-state index contributed by atoms with van der Waals surface area (Å²) in [6.45, 7) is 2.36. The Balaban J connectivity index is 1.58. The number of nitrogens with zero attached hydrogens (tertiary/aromatic N) is 2. The van der Waals surface area contributed by atoms with E-state index in [0.29, 0.717) is 18.7 Å². The van der Waals surface area contributed by atoms with Crippen molar-refractivity contribution in [3.8, 4) is 11.3 Å². The third kappa shape index (κ3) is 3.22. The average molecular weight is 297 g/mol. The van der Waals surface area contributed by atoms with E-state index in [-0.39, 0.29) is 11.6 Å². The van der Waals surface area contributed by atoms with Gasteiger partial charge in [-0.1, -0.05) is 5.16 Å². The number of aromatic nitrogens is 2. The highest BCUT2D eigenvalue weighted by atomic mass is 16.5. The van der Waals surface area contributed by atoms with Gasteiger partial charge in [-0.25, -0.2) is 0 Å².